The summed E-state index contributed by atoms with van der Waals surface area (Å²) in [5.74, 6) is -0.412. The van der Waals surface area contributed by atoms with Crippen molar-refractivity contribution in [2.75, 3.05) is 5.32 Å². The summed E-state index contributed by atoms with van der Waals surface area (Å²) in [5.41, 5.74) is 1.88. The smallest absolute Gasteiger partial charge is 0.276 e. The zero-order valence-electron chi connectivity index (χ0n) is 12.6. The van der Waals surface area contributed by atoms with Gasteiger partial charge in [0.1, 0.15) is 11.1 Å². The van der Waals surface area contributed by atoms with Gasteiger partial charge in [-0.1, -0.05) is 12.1 Å². The van der Waals surface area contributed by atoms with E-state index in [-0.39, 0.29) is 5.69 Å². The Labute approximate surface area is 142 Å². The maximum Gasteiger partial charge on any atom is 0.276 e. The minimum absolute atomic E-state index is 0.0608. The van der Waals surface area contributed by atoms with E-state index in [2.05, 4.69) is 11.4 Å². The fourth-order valence-electron chi connectivity index (χ4n) is 2.72. The van der Waals surface area contributed by atoms with Gasteiger partial charge in [-0.2, -0.15) is 5.26 Å². The minimum atomic E-state index is -0.491. The molecule has 0 bridgehead atoms. The molecule has 0 radical (unpaired) electrons. The summed E-state index contributed by atoms with van der Waals surface area (Å²) in [6.45, 7) is 0. The van der Waals surface area contributed by atoms with Gasteiger partial charge in [-0.25, -0.2) is 0 Å². The number of para-hydroxylation sites is 1. The first-order valence-electron chi connectivity index (χ1n) is 7.37. The molecule has 0 saturated heterocycles. The van der Waals surface area contributed by atoms with Gasteiger partial charge in [0.15, 0.2) is 0 Å². The average Bonchev–Trinajstić information content (AvgIpc) is 3.13. The second kappa shape index (κ2) is 6.64. The van der Waals surface area contributed by atoms with Gasteiger partial charge in [0.25, 0.3) is 5.69 Å². The molecule has 0 unspecified atom stereocenters. The number of nitrogens with zero attached hydrogens (tertiary/aromatic N) is 2. The van der Waals surface area contributed by atoms with Crippen LogP contribution in [-0.4, -0.2) is 10.8 Å². The Morgan fingerprint density at radius 3 is 2.92 bits per heavy atom. The first kappa shape index (κ1) is 15.9. The van der Waals surface area contributed by atoms with E-state index < -0.39 is 10.8 Å². The van der Waals surface area contributed by atoms with E-state index in [4.69, 9.17) is 0 Å². The molecule has 2 aromatic rings. The van der Waals surface area contributed by atoms with Crippen molar-refractivity contribution in [1.82, 2.24) is 0 Å². The molecule has 1 aromatic carbocycles. The van der Waals surface area contributed by atoms with E-state index in [1.54, 1.807) is 18.2 Å². The maximum atomic E-state index is 12.1. The first-order chi connectivity index (χ1) is 11.6. The van der Waals surface area contributed by atoms with Crippen LogP contribution in [-0.2, 0) is 17.6 Å². The van der Waals surface area contributed by atoms with Crippen LogP contribution in [0.3, 0.4) is 0 Å². The van der Waals surface area contributed by atoms with E-state index >= 15 is 0 Å². The van der Waals surface area contributed by atoms with Gasteiger partial charge < -0.3 is 5.32 Å². The van der Waals surface area contributed by atoms with Crippen LogP contribution in [0.15, 0.2) is 30.3 Å². The van der Waals surface area contributed by atoms with Crippen molar-refractivity contribution in [3.63, 3.8) is 0 Å². The number of fused-ring (bicyclic) bond motifs is 1. The molecule has 1 aromatic heterocycles. The molecule has 1 aliphatic carbocycles. The number of hydrogen-bond acceptors (Lipinski definition) is 5. The number of aryl methyl sites for hydroxylation is 1. The zero-order valence-corrected chi connectivity index (χ0v) is 13.4. The van der Waals surface area contributed by atoms with Crippen LogP contribution in [0.25, 0.3) is 6.08 Å². The predicted molar refractivity (Wildman–Crippen MR) is 91.8 cm³/mol. The molecule has 7 heteroatoms. The molecule has 24 heavy (non-hydrogen) atoms. The van der Waals surface area contributed by atoms with Gasteiger partial charge in [0.05, 0.1) is 16.1 Å². The molecule has 3 rings (SSSR count). The van der Waals surface area contributed by atoms with Crippen molar-refractivity contribution in [3.8, 4) is 6.07 Å². The van der Waals surface area contributed by atoms with Crippen molar-refractivity contribution in [3.05, 3.63) is 62.0 Å². The summed E-state index contributed by atoms with van der Waals surface area (Å²) < 4.78 is 0. The Morgan fingerprint density at radius 2 is 2.17 bits per heavy atom. The number of hydrogen-bond donors (Lipinski definition) is 1. The third-order valence-electron chi connectivity index (χ3n) is 3.82. The van der Waals surface area contributed by atoms with Crippen molar-refractivity contribution < 1.29 is 9.72 Å². The zero-order chi connectivity index (χ0) is 17.1. The molecule has 0 saturated carbocycles. The van der Waals surface area contributed by atoms with Crippen LogP contribution in [0.4, 0.5) is 10.7 Å². The molecule has 0 aliphatic heterocycles. The number of anilines is 1. The molecule has 6 nitrogen and oxygen atoms in total. The lowest BCUT2D eigenvalue weighted by molar-refractivity contribution is -0.385. The van der Waals surface area contributed by atoms with Crippen molar-refractivity contribution >= 4 is 34.0 Å². The first-order valence-corrected chi connectivity index (χ1v) is 8.19. The van der Waals surface area contributed by atoms with Crippen LogP contribution in [0.5, 0.6) is 0 Å². The largest absolute Gasteiger partial charge is 0.313 e. The van der Waals surface area contributed by atoms with Crippen molar-refractivity contribution in [1.29, 1.82) is 5.26 Å². The van der Waals surface area contributed by atoms with E-state index in [0.717, 1.165) is 29.7 Å². The van der Waals surface area contributed by atoms with Gasteiger partial charge in [-0.05, 0) is 37.0 Å². The number of nitro benzene ring substituents is 1. The SMILES string of the molecule is N#Cc1c(NC(=O)/C=C/c2ccccc2[N+](=O)[O-])sc2c1CCC2. The molecule has 1 aliphatic rings. The number of carbonyl (C=O) groups is 1. The lowest BCUT2D eigenvalue weighted by Gasteiger charge is -2.00. The summed E-state index contributed by atoms with van der Waals surface area (Å²) in [7, 11) is 0. The van der Waals surface area contributed by atoms with Gasteiger partial charge in [0.2, 0.25) is 5.91 Å². The second-order valence-corrected chi connectivity index (χ2v) is 6.42. The Hall–Kier alpha value is -2.98. The quantitative estimate of drug-likeness (QED) is 0.522. The summed E-state index contributed by atoms with van der Waals surface area (Å²) in [4.78, 5) is 23.7. The Balaban J connectivity index is 1.78. The topological polar surface area (TPSA) is 96.0 Å². The summed E-state index contributed by atoms with van der Waals surface area (Å²) in [6, 6.07) is 8.36. The molecule has 1 N–H and O–H groups in total. The molecular formula is C17H13N3O3S. The van der Waals surface area contributed by atoms with Crippen molar-refractivity contribution in [2.45, 2.75) is 19.3 Å². The number of thiophene rings is 1. The molecule has 1 amide bonds. The fourth-order valence-corrected chi connectivity index (χ4v) is 3.97. The van der Waals surface area contributed by atoms with Gasteiger partial charge >= 0.3 is 0 Å². The molecule has 1 heterocycles. The van der Waals surface area contributed by atoms with E-state index in [9.17, 15) is 20.2 Å². The normalized spacial score (nSPS) is 12.8. The van der Waals surface area contributed by atoms with Crippen LogP contribution in [0.2, 0.25) is 0 Å². The Morgan fingerprint density at radius 1 is 1.38 bits per heavy atom. The molecule has 0 atom stereocenters. The molecular weight excluding hydrogens is 326 g/mol. The van der Waals surface area contributed by atoms with E-state index in [1.807, 2.05) is 0 Å². The molecule has 0 fully saturated rings. The van der Waals surface area contributed by atoms with Crippen LogP contribution in [0.1, 0.15) is 28.0 Å². The number of amides is 1. The van der Waals surface area contributed by atoms with Gasteiger partial charge in [-0.15, -0.1) is 11.3 Å². The number of rotatable bonds is 4. The lowest BCUT2D eigenvalue weighted by Crippen LogP contribution is -2.07. The summed E-state index contributed by atoms with van der Waals surface area (Å²) in [5, 5.41) is 23.5. The minimum Gasteiger partial charge on any atom is -0.313 e. The maximum absolute atomic E-state index is 12.1. The summed E-state index contributed by atoms with van der Waals surface area (Å²) >= 11 is 1.43. The number of benzene rings is 1. The monoisotopic (exact) mass is 339 g/mol. The Kier molecular flexibility index (Phi) is 4.40. The predicted octanol–water partition coefficient (Wildman–Crippen LogP) is 3.67. The highest BCUT2D eigenvalue weighted by Crippen LogP contribution is 2.38. The highest BCUT2D eigenvalue weighted by Gasteiger charge is 2.22. The highest BCUT2D eigenvalue weighted by atomic mass is 32.1. The standard InChI is InChI=1S/C17H13N3O3S/c18-10-13-12-5-3-7-15(12)24-17(13)19-16(21)9-8-11-4-1-2-6-14(11)20(22)23/h1-2,4,6,8-9H,3,5,7H2,(H,19,21)/b9-8+. The third kappa shape index (κ3) is 3.05. The highest BCUT2D eigenvalue weighted by molar-refractivity contribution is 7.16. The van der Waals surface area contributed by atoms with Crippen LogP contribution < -0.4 is 5.32 Å². The van der Waals surface area contributed by atoms with E-state index in [0.29, 0.717) is 16.1 Å². The van der Waals surface area contributed by atoms with Crippen LogP contribution in [0, 0.1) is 21.4 Å². The number of nitro groups is 1. The Bertz CT molecular complexity index is 893. The third-order valence-corrected chi connectivity index (χ3v) is 5.02. The fraction of sp³-hybridized carbons (Fsp3) is 0.176. The number of carbonyl (C=O) groups excluding carboxylic acids is 1. The van der Waals surface area contributed by atoms with Crippen LogP contribution >= 0.6 is 11.3 Å². The lowest BCUT2D eigenvalue weighted by atomic mass is 10.1. The number of nitrogens with one attached hydrogen (secondary N) is 1. The molecule has 0 spiro atoms. The average molecular weight is 339 g/mol. The van der Waals surface area contributed by atoms with Gasteiger partial charge in [0, 0.05) is 17.0 Å². The number of nitriles is 1. The van der Waals surface area contributed by atoms with Gasteiger partial charge in [-0.3, -0.25) is 14.9 Å². The summed E-state index contributed by atoms with van der Waals surface area (Å²) in [6.07, 6.45) is 5.50. The van der Waals surface area contributed by atoms with E-state index in [1.165, 1.54) is 29.6 Å². The second-order valence-electron chi connectivity index (χ2n) is 5.31. The van der Waals surface area contributed by atoms with Crippen molar-refractivity contribution in [2.24, 2.45) is 0 Å². The molecule has 120 valence electrons.